The van der Waals surface area contributed by atoms with Gasteiger partial charge in [-0.2, -0.15) is 4.31 Å². The Hall–Kier alpha value is -1.00. The first kappa shape index (κ1) is 19.8. The Bertz CT molecular complexity index is 792. The van der Waals surface area contributed by atoms with Gasteiger partial charge in [0.15, 0.2) is 0 Å². The molecule has 0 bridgehead atoms. The molecule has 0 spiro atoms. The van der Waals surface area contributed by atoms with Gasteiger partial charge in [0.25, 0.3) is 0 Å². The molecule has 1 aromatic carbocycles. The zero-order valence-electron chi connectivity index (χ0n) is 14.8. The number of rotatable bonds is 6. The van der Waals surface area contributed by atoms with E-state index in [1.807, 2.05) is 0 Å². The molecule has 7 nitrogen and oxygen atoms in total. The molecule has 2 heterocycles. The number of hydrogen-bond acceptors (Lipinski definition) is 5. The van der Waals surface area contributed by atoms with Crippen LogP contribution in [0.4, 0.5) is 0 Å². The molecule has 2 saturated heterocycles. The summed E-state index contributed by atoms with van der Waals surface area (Å²) in [6.07, 6.45) is 5.49. The van der Waals surface area contributed by atoms with Crippen LogP contribution in [0.2, 0.25) is 0 Å². The predicted molar refractivity (Wildman–Crippen MR) is 97.8 cm³/mol. The second-order valence-electron chi connectivity index (χ2n) is 6.78. The quantitative estimate of drug-likeness (QED) is 0.782. The lowest BCUT2D eigenvalue weighted by Gasteiger charge is -2.20. The first-order chi connectivity index (χ1) is 12.4. The summed E-state index contributed by atoms with van der Waals surface area (Å²) < 4.78 is 59.7. The van der Waals surface area contributed by atoms with Gasteiger partial charge in [-0.1, -0.05) is 12.8 Å². The summed E-state index contributed by atoms with van der Waals surface area (Å²) in [6.45, 7) is 1.93. The van der Waals surface area contributed by atoms with Gasteiger partial charge in [-0.3, -0.25) is 0 Å². The highest BCUT2D eigenvalue weighted by Gasteiger charge is 2.26. The van der Waals surface area contributed by atoms with Gasteiger partial charge in [0.2, 0.25) is 20.0 Å². The third-order valence-corrected chi connectivity index (χ3v) is 8.21. The molecule has 1 aromatic rings. The predicted octanol–water partition coefficient (Wildman–Crippen LogP) is 1.71. The van der Waals surface area contributed by atoms with E-state index in [4.69, 9.17) is 4.74 Å². The minimum absolute atomic E-state index is 0.0605. The first-order valence-electron chi connectivity index (χ1n) is 9.11. The smallest absolute Gasteiger partial charge is 0.243 e. The summed E-state index contributed by atoms with van der Waals surface area (Å²) in [6, 6.07) is 5.45. The van der Waals surface area contributed by atoms with Crippen LogP contribution in [0, 0.1) is 0 Å². The fourth-order valence-corrected chi connectivity index (χ4v) is 5.90. The summed E-state index contributed by atoms with van der Waals surface area (Å²) in [5, 5.41) is 0. The molecule has 9 heteroatoms. The van der Waals surface area contributed by atoms with Gasteiger partial charge < -0.3 is 4.74 Å². The van der Waals surface area contributed by atoms with E-state index >= 15 is 0 Å². The summed E-state index contributed by atoms with van der Waals surface area (Å²) in [5.74, 6) is 0. The topological polar surface area (TPSA) is 92.8 Å². The molecule has 3 rings (SSSR count). The van der Waals surface area contributed by atoms with Crippen molar-refractivity contribution in [3.8, 4) is 0 Å². The molecular formula is C17H26N2O5S2. The largest absolute Gasteiger partial charge is 0.377 e. The zero-order valence-corrected chi connectivity index (χ0v) is 16.4. The van der Waals surface area contributed by atoms with E-state index in [0.29, 0.717) is 19.7 Å². The molecule has 0 amide bonds. The van der Waals surface area contributed by atoms with Crippen molar-refractivity contribution in [2.75, 3.05) is 26.2 Å². The number of hydrogen-bond donors (Lipinski definition) is 1. The highest BCUT2D eigenvalue weighted by atomic mass is 32.2. The fraction of sp³-hybridized carbons (Fsp3) is 0.647. The monoisotopic (exact) mass is 402 g/mol. The lowest BCUT2D eigenvalue weighted by Crippen LogP contribution is -2.32. The normalized spacial score (nSPS) is 23.0. The van der Waals surface area contributed by atoms with Gasteiger partial charge in [-0.15, -0.1) is 0 Å². The summed E-state index contributed by atoms with van der Waals surface area (Å²) in [7, 11) is -7.25. The molecule has 2 fully saturated rings. The van der Waals surface area contributed by atoms with Gasteiger partial charge in [0.1, 0.15) is 0 Å². The van der Waals surface area contributed by atoms with Crippen LogP contribution in [0.3, 0.4) is 0 Å². The highest BCUT2D eigenvalue weighted by Crippen LogP contribution is 2.22. The lowest BCUT2D eigenvalue weighted by atomic mass is 10.2. The second kappa shape index (κ2) is 8.35. The third kappa shape index (κ3) is 4.64. The van der Waals surface area contributed by atoms with E-state index in [2.05, 4.69) is 4.72 Å². The van der Waals surface area contributed by atoms with Gasteiger partial charge in [0.05, 0.1) is 15.9 Å². The maximum absolute atomic E-state index is 12.7. The van der Waals surface area contributed by atoms with Crippen molar-refractivity contribution >= 4 is 20.0 Å². The highest BCUT2D eigenvalue weighted by molar-refractivity contribution is 7.89. The van der Waals surface area contributed by atoms with Crippen molar-refractivity contribution < 1.29 is 21.6 Å². The maximum Gasteiger partial charge on any atom is 0.243 e. The van der Waals surface area contributed by atoms with E-state index in [-0.39, 0.29) is 22.4 Å². The number of nitrogens with one attached hydrogen (secondary N) is 1. The molecule has 146 valence electrons. The molecule has 1 atom stereocenters. The molecule has 1 unspecified atom stereocenters. The Labute approximate surface area is 155 Å². The molecule has 0 radical (unpaired) electrons. The van der Waals surface area contributed by atoms with Gasteiger partial charge in [-0.05, 0) is 49.9 Å². The van der Waals surface area contributed by atoms with E-state index in [1.54, 1.807) is 0 Å². The third-order valence-electron chi connectivity index (χ3n) is 4.86. The number of benzene rings is 1. The van der Waals surface area contributed by atoms with Crippen molar-refractivity contribution in [1.82, 2.24) is 9.03 Å². The summed E-state index contributed by atoms with van der Waals surface area (Å²) >= 11 is 0. The molecule has 0 saturated carbocycles. The van der Waals surface area contributed by atoms with Gasteiger partial charge >= 0.3 is 0 Å². The van der Waals surface area contributed by atoms with Crippen LogP contribution in [0.5, 0.6) is 0 Å². The number of ether oxygens (including phenoxy) is 1. The molecule has 2 aliphatic heterocycles. The van der Waals surface area contributed by atoms with Crippen LogP contribution in [-0.2, 0) is 24.8 Å². The molecular weight excluding hydrogens is 376 g/mol. The minimum atomic E-state index is -3.68. The Morgan fingerprint density at radius 2 is 1.54 bits per heavy atom. The van der Waals surface area contributed by atoms with E-state index < -0.39 is 20.0 Å². The van der Waals surface area contributed by atoms with Crippen molar-refractivity contribution in [3.05, 3.63) is 24.3 Å². The van der Waals surface area contributed by atoms with Crippen LogP contribution in [0.15, 0.2) is 34.1 Å². The van der Waals surface area contributed by atoms with Crippen LogP contribution >= 0.6 is 0 Å². The Kier molecular flexibility index (Phi) is 6.34. The Morgan fingerprint density at radius 1 is 0.923 bits per heavy atom. The number of nitrogens with zero attached hydrogens (tertiary/aromatic N) is 1. The van der Waals surface area contributed by atoms with Crippen LogP contribution < -0.4 is 4.72 Å². The zero-order chi connectivity index (χ0) is 18.6. The van der Waals surface area contributed by atoms with Crippen molar-refractivity contribution in [1.29, 1.82) is 0 Å². The minimum Gasteiger partial charge on any atom is -0.377 e. The maximum atomic E-state index is 12.7. The first-order valence-corrected chi connectivity index (χ1v) is 12.0. The van der Waals surface area contributed by atoms with Crippen LogP contribution in [0.1, 0.15) is 38.5 Å². The van der Waals surface area contributed by atoms with Crippen LogP contribution in [-0.4, -0.2) is 53.5 Å². The van der Waals surface area contributed by atoms with E-state index in [1.165, 1.54) is 28.6 Å². The fourth-order valence-electron chi connectivity index (χ4n) is 3.31. The summed E-state index contributed by atoms with van der Waals surface area (Å²) in [5.41, 5.74) is 0. The van der Waals surface area contributed by atoms with Gasteiger partial charge in [-0.25, -0.2) is 21.6 Å². The van der Waals surface area contributed by atoms with Crippen molar-refractivity contribution in [2.45, 2.75) is 54.4 Å². The SMILES string of the molecule is O=S(=O)(NCC1CCCO1)c1ccc(S(=O)(=O)N2CCCCCC2)cc1. The average Bonchev–Trinajstić information content (AvgIpc) is 3.00. The molecule has 0 aliphatic carbocycles. The van der Waals surface area contributed by atoms with E-state index in [0.717, 1.165) is 38.5 Å². The molecule has 0 aromatic heterocycles. The molecule has 1 N–H and O–H groups in total. The van der Waals surface area contributed by atoms with Crippen LogP contribution in [0.25, 0.3) is 0 Å². The summed E-state index contributed by atoms with van der Waals surface area (Å²) in [4.78, 5) is 0.197. The second-order valence-corrected chi connectivity index (χ2v) is 10.5. The average molecular weight is 403 g/mol. The lowest BCUT2D eigenvalue weighted by molar-refractivity contribution is 0.114. The Balaban J connectivity index is 1.70. The molecule has 26 heavy (non-hydrogen) atoms. The number of sulfonamides is 2. The van der Waals surface area contributed by atoms with E-state index in [9.17, 15) is 16.8 Å². The van der Waals surface area contributed by atoms with Gasteiger partial charge in [0, 0.05) is 26.2 Å². The van der Waals surface area contributed by atoms with Crippen molar-refractivity contribution in [2.24, 2.45) is 0 Å². The standard InChI is InChI=1S/C17H26N2O5S2/c20-25(21,18-14-15-6-5-13-24-15)16-7-9-17(10-8-16)26(22,23)19-11-3-1-2-4-12-19/h7-10,15,18H,1-6,11-14H2. The molecule has 2 aliphatic rings. The Morgan fingerprint density at radius 3 is 2.12 bits per heavy atom. The van der Waals surface area contributed by atoms with Crippen molar-refractivity contribution in [3.63, 3.8) is 0 Å².